The van der Waals surface area contributed by atoms with Crippen molar-refractivity contribution in [3.8, 4) is 0 Å². The number of carbonyl (C=O) groups is 1. The van der Waals surface area contributed by atoms with E-state index in [1.54, 1.807) is 0 Å². The van der Waals surface area contributed by atoms with Gasteiger partial charge in [-0.2, -0.15) is 0 Å². The number of aryl methyl sites for hydroxylation is 1. The molecule has 0 aliphatic carbocycles. The van der Waals surface area contributed by atoms with Crippen LogP contribution in [0.3, 0.4) is 0 Å². The van der Waals surface area contributed by atoms with Crippen LogP contribution in [0.15, 0.2) is 18.2 Å². The van der Waals surface area contributed by atoms with Crippen LogP contribution in [0.2, 0.25) is 0 Å². The zero-order valence-electron chi connectivity index (χ0n) is 16.1. The summed E-state index contributed by atoms with van der Waals surface area (Å²) in [5.74, 6) is 0.340. The minimum absolute atomic E-state index is 0.340. The maximum Gasteiger partial charge on any atom is 0.236 e. The molecule has 1 aromatic carbocycles. The standard InChI is InChI=1S/C21H33N3O/c1-4-19-9-5-6-11-24(19)21(25)16-22-12-14-23(15-13-22)20-10-7-8-17(2)18(20)3/h7-8,10,19H,4-6,9,11-16H2,1-3H3. The van der Waals surface area contributed by atoms with Gasteiger partial charge in [-0.1, -0.05) is 19.1 Å². The third-order valence-corrected chi connectivity index (χ3v) is 6.07. The number of piperazine rings is 1. The first-order valence-electron chi connectivity index (χ1n) is 9.93. The highest BCUT2D eigenvalue weighted by molar-refractivity contribution is 5.78. The molecule has 0 saturated carbocycles. The van der Waals surface area contributed by atoms with Gasteiger partial charge in [0.05, 0.1) is 6.54 Å². The molecule has 4 heteroatoms. The summed E-state index contributed by atoms with van der Waals surface area (Å²) in [5, 5.41) is 0. The Morgan fingerprint density at radius 2 is 1.84 bits per heavy atom. The second-order valence-corrected chi connectivity index (χ2v) is 7.63. The molecule has 0 spiro atoms. The highest BCUT2D eigenvalue weighted by Crippen LogP contribution is 2.24. The number of piperidine rings is 1. The van der Waals surface area contributed by atoms with Crippen LogP contribution in [0.5, 0.6) is 0 Å². The molecule has 2 heterocycles. The number of likely N-dealkylation sites (tertiary alicyclic amines) is 1. The Morgan fingerprint density at radius 3 is 2.56 bits per heavy atom. The lowest BCUT2D eigenvalue weighted by atomic mass is 10.00. The van der Waals surface area contributed by atoms with Gasteiger partial charge in [-0.25, -0.2) is 0 Å². The van der Waals surface area contributed by atoms with Gasteiger partial charge in [0.15, 0.2) is 0 Å². The molecule has 25 heavy (non-hydrogen) atoms. The monoisotopic (exact) mass is 343 g/mol. The topological polar surface area (TPSA) is 26.8 Å². The zero-order chi connectivity index (χ0) is 17.8. The van der Waals surface area contributed by atoms with Crippen LogP contribution < -0.4 is 4.90 Å². The van der Waals surface area contributed by atoms with E-state index in [0.717, 1.165) is 39.1 Å². The molecular formula is C21H33N3O. The van der Waals surface area contributed by atoms with Crippen molar-refractivity contribution in [3.05, 3.63) is 29.3 Å². The van der Waals surface area contributed by atoms with Gasteiger partial charge in [0.25, 0.3) is 0 Å². The Kier molecular flexibility index (Phi) is 6.00. The average Bonchev–Trinajstić information content (AvgIpc) is 2.64. The fraction of sp³-hybridized carbons (Fsp3) is 0.667. The van der Waals surface area contributed by atoms with Crippen LogP contribution in [0.1, 0.15) is 43.7 Å². The fourth-order valence-electron chi connectivity index (χ4n) is 4.26. The summed E-state index contributed by atoms with van der Waals surface area (Å²) in [6.07, 6.45) is 4.72. The fourth-order valence-corrected chi connectivity index (χ4v) is 4.26. The van der Waals surface area contributed by atoms with Crippen molar-refractivity contribution in [1.82, 2.24) is 9.80 Å². The average molecular weight is 344 g/mol. The molecule has 1 atom stereocenters. The van der Waals surface area contributed by atoms with Crippen molar-refractivity contribution >= 4 is 11.6 Å². The molecule has 0 N–H and O–H groups in total. The van der Waals surface area contributed by atoms with E-state index < -0.39 is 0 Å². The van der Waals surface area contributed by atoms with E-state index in [4.69, 9.17) is 0 Å². The predicted octanol–water partition coefficient (Wildman–Crippen LogP) is 3.22. The maximum absolute atomic E-state index is 12.8. The van der Waals surface area contributed by atoms with E-state index >= 15 is 0 Å². The van der Waals surface area contributed by atoms with E-state index in [2.05, 4.69) is 53.7 Å². The highest BCUT2D eigenvalue weighted by atomic mass is 16.2. The third kappa shape index (κ3) is 4.17. The lowest BCUT2D eigenvalue weighted by Gasteiger charge is -2.39. The van der Waals surface area contributed by atoms with E-state index in [1.807, 2.05) is 0 Å². The van der Waals surface area contributed by atoms with Crippen molar-refractivity contribution in [3.63, 3.8) is 0 Å². The number of rotatable bonds is 4. The van der Waals surface area contributed by atoms with E-state index in [1.165, 1.54) is 36.1 Å². The molecular weight excluding hydrogens is 310 g/mol. The second-order valence-electron chi connectivity index (χ2n) is 7.63. The van der Waals surface area contributed by atoms with Gasteiger partial charge in [0.2, 0.25) is 5.91 Å². The predicted molar refractivity (Wildman–Crippen MR) is 104 cm³/mol. The Balaban J connectivity index is 1.54. The molecule has 2 fully saturated rings. The minimum Gasteiger partial charge on any atom is -0.369 e. The van der Waals surface area contributed by atoms with Crippen LogP contribution in [-0.4, -0.2) is 61.0 Å². The Labute approximate surface area is 152 Å². The van der Waals surface area contributed by atoms with Gasteiger partial charge in [0, 0.05) is 44.5 Å². The van der Waals surface area contributed by atoms with E-state index in [9.17, 15) is 4.79 Å². The summed E-state index contributed by atoms with van der Waals surface area (Å²) >= 11 is 0. The maximum atomic E-state index is 12.8. The molecule has 1 unspecified atom stereocenters. The second kappa shape index (κ2) is 8.22. The Morgan fingerprint density at radius 1 is 1.08 bits per heavy atom. The number of hydrogen-bond acceptors (Lipinski definition) is 3. The van der Waals surface area contributed by atoms with Crippen LogP contribution in [0, 0.1) is 13.8 Å². The molecule has 0 bridgehead atoms. The normalized spacial score (nSPS) is 22.3. The third-order valence-electron chi connectivity index (χ3n) is 6.07. The molecule has 2 aliphatic rings. The zero-order valence-corrected chi connectivity index (χ0v) is 16.1. The molecule has 2 saturated heterocycles. The van der Waals surface area contributed by atoms with Crippen molar-refractivity contribution in [2.24, 2.45) is 0 Å². The molecule has 4 nitrogen and oxygen atoms in total. The smallest absolute Gasteiger partial charge is 0.236 e. The summed E-state index contributed by atoms with van der Waals surface area (Å²) in [7, 11) is 0. The van der Waals surface area contributed by atoms with Crippen LogP contribution in [0.25, 0.3) is 0 Å². The number of amides is 1. The van der Waals surface area contributed by atoms with Crippen molar-refractivity contribution < 1.29 is 4.79 Å². The van der Waals surface area contributed by atoms with Gasteiger partial charge >= 0.3 is 0 Å². The molecule has 1 amide bonds. The number of carbonyl (C=O) groups excluding carboxylic acids is 1. The lowest BCUT2D eigenvalue weighted by Crippen LogP contribution is -2.52. The van der Waals surface area contributed by atoms with Crippen molar-refractivity contribution in [2.45, 2.75) is 52.5 Å². The molecule has 1 aromatic rings. The first kappa shape index (κ1) is 18.2. The van der Waals surface area contributed by atoms with E-state index in [-0.39, 0.29) is 0 Å². The van der Waals surface area contributed by atoms with Crippen molar-refractivity contribution in [1.29, 1.82) is 0 Å². The van der Waals surface area contributed by atoms with Crippen LogP contribution in [0.4, 0.5) is 5.69 Å². The first-order valence-corrected chi connectivity index (χ1v) is 9.93. The molecule has 3 rings (SSSR count). The summed E-state index contributed by atoms with van der Waals surface area (Å²) < 4.78 is 0. The highest BCUT2D eigenvalue weighted by Gasteiger charge is 2.27. The summed E-state index contributed by atoms with van der Waals surface area (Å²) in [5.41, 5.74) is 4.09. The Bertz CT molecular complexity index is 593. The summed E-state index contributed by atoms with van der Waals surface area (Å²) in [6.45, 7) is 12.1. The summed E-state index contributed by atoms with van der Waals surface area (Å²) in [6, 6.07) is 7.02. The van der Waals surface area contributed by atoms with Crippen molar-refractivity contribution in [2.75, 3.05) is 44.2 Å². The van der Waals surface area contributed by atoms with Gasteiger partial charge in [0.1, 0.15) is 0 Å². The molecule has 0 radical (unpaired) electrons. The minimum atomic E-state index is 0.340. The number of hydrogen-bond donors (Lipinski definition) is 0. The van der Waals surface area contributed by atoms with Crippen LogP contribution >= 0.6 is 0 Å². The van der Waals surface area contributed by atoms with Gasteiger partial charge in [-0.05, 0) is 56.7 Å². The molecule has 0 aromatic heterocycles. The SMILES string of the molecule is CCC1CCCCN1C(=O)CN1CCN(c2cccc(C)c2C)CC1. The summed E-state index contributed by atoms with van der Waals surface area (Å²) in [4.78, 5) is 19.7. The lowest BCUT2D eigenvalue weighted by molar-refractivity contribution is -0.136. The van der Waals surface area contributed by atoms with Gasteiger partial charge in [-0.15, -0.1) is 0 Å². The largest absolute Gasteiger partial charge is 0.369 e. The first-order chi connectivity index (χ1) is 12.1. The Hall–Kier alpha value is -1.55. The number of benzene rings is 1. The molecule has 138 valence electrons. The quantitative estimate of drug-likeness (QED) is 0.840. The van der Waals surface area contributed by atoms with Crippen LogP contribution in [-0.2, 0) is 4.79 Å². The number of nitrogens with zero attached hydrogens (tertiary/aromatic N) is 3. The molecule has 2 aliphatic heterocycles. The van der Waals surface area contributed by atoms with E-state index in [0.29, 0.717) is 18.5 Å². The van der Waals surface area contributed by atoms with Gasteiger partial charge in [-0.3, -0.25) is 9.69 Å². The van der Waals surface area contributed by atoms with Gasteiger partial charge < -0.3 is 9.80 Å². The number of anilines is 1.